The zero-order valence-electron chi connectivity index (χ0n) is 16.1. The molecule has 2 N–H and O–H groups in total. The lowest BCUT2D eigenvalue weighted by Gasteiger charge is -2.26. The highest BCUT2D eigenvalue weighted by Gasteiger charge is 2.39. The smallest absolute Gasteiger partial charge is 0.329 e. The minimum Gasteiger partial charge on any atom is -0.489 e. The summed E-state index contributed by atoms with van der Waals surface area (Å²) >= 11 is 0. The average Bonchev–Trinajstić information content (AvgIpc) is 2.73. The van der Waals surface area contributed by atoms with Gasteiger partial charge in [0.15, 0.2) is 5.54 Å². The molecule has 0 amide bonds. The summed E-state index contributed by atoms with van der Waals surface area (Å²) < 4.78 is 46.3. The Morgan fingerprint density at radius 2 is 1.60 bits per heavy atom. The second-order valence-corrected chi connectivity index (χ2v) is 8.47. The molecule has 1 atom stereocenters. The molecule has 1 unspecified atom stereocenters. The van der Waals surface area contributed by atoms with Crippen molar-refractivity contribution in [1.29, 1.82) is 0 Å². The standard InChI is InChI=1S/C22H20FNO5S/c1-22(21(25)26,24-30(27,28)20-13-9-18(23)10-14-20)17-7-11-19(12-8-17)29-15-16-5-3-2-4-6-16/h2-14,24H,15H2,1H3,(H,25,26). The molecule has 3 aromatic carbocycles. The molecule has 3 aromatic rings. The third kappa shape index (κ3) is 4.84. The number of hydrogen-bond acceptors (Lipinski definition) is 4. The summed E-state index contributed by atoms with van der Waals surface area (Å²) in [5, 5.41) is 9.74. The molecule has 0 heterocycles. The van der Waals surface area contributed by atoms with Crippen molar-refractivity contribution in [3.05, 3.63) is 95.8 Å². The van der Waals surface area contributed by atoms with Crippen LogP contribution in [0.2, 0.25) is 0 Å². The van der Waals surface area contributed by atoms with Crippen LogP contribution in [0.3, 0.4) is 0 Å². The molecule has 0 spiro atoms. The van der Waals surface area contributed by atoms with Crippen LogP contribution in [0.15, 0.2) is 83.8 Å². The number of benzene rings is 3. The fourth-order valence-corrected chi connectivity index (χ4v) is 4.15. The zero-order valence-corrected chi connectivity index (χ0v) is 16.9. The van der Waals surface area contributed by atoms with Crippen molar-refractivity contribution >= 4 is 16.0 Å². The molecule has 0 aliphatic carbocycles. The van der Waals surface area contributed by atoms with Crippen LogP contribution in [-0.4, -0.2) is 19.5 Å². The van der Waals surface area contributed by atoms with E-state index in [-0.39, 0.29) is 10.5 Å². The largest absolute Gasteiger partial charge is 0.489 e. The third-order valence-electron chi connectivity index (χ3n) is 4.57. The fourth-order valence-electron chi connectivity index (χ4n) is 2.79. The molecule has 0 bridgehead atoms. The van der Waals surface area contributed by atoms with Gasteiger partial charge in [-0.2, -0.15) is 4.72 Å². The lowest BCUT2D eigenvalue weighted by molar-refractivity contribution is -0.143. The molecule has 0 fully saturated rings. The van der Waals surface area contributed by atoms with Gasteiger partial charge in [0.25, 0.3) is 0 Å². The van der Waals surface area contributed by atoms with E-state index in [1.165, 1.54) is 19.1 Å². The molecular formula is C22H20FNO5S. The van der Waals surface area contributed by atoms with E-state index in [9.17, 15) is 22.7 Å². The van der Waals surface area contributed by atoms with Crippen LogP contribution in [0.5, 0.6) is 5.75 Å². The Bertz CT molecular complexity index is 1120. The Labute approximate surface area is 174 Å². The van der Waals surface area contributed by atoms with Crippen molar-refractivity contribution in [2.45, 2.75) is 24.0 Å². The van der Waals surface area contributed by atoms with Gasteiger partial charge in [-0.1, -0.05) is 42.5 Å². The van der Waals surface area contributed by atoms with E-state index in [1.807, 2.05) is 30.3 Å². The first kappa shape index (κ1) is 21.5. The minimum atomic E-state index is -4.21. The van der Waals surface area contributed by atoms with Gasteiger partial charge < -0.3 is 9.84 Å². The third-order valence-corrected chi connectivity index (χ3v) is 6.14. The van der Waals surface area contributed by atoms with E-state index in [0.29, 0.717) is 12.4 Å². The number of aliphatic carboxylic acids is 1. The quantitative estimate of drug-likeness (QED) is 0.570. The molecule has 156 valence electrons. The fraction of sp³-hybridized carbons (Fsp3) is 0.136. The van der Waals surface area contributed by atoms with Crippen LogP contribution < -0.4 is 9.46 Å². The van der Waals surface area contributed by atoms with Gasteiger partial charge >= 0.3 is 5.97 Å². The van der Waals surface area contributed by atoms with Gasteiger partial charge in [0.2, 0.25) is 10.0 Å². The maximum Gasteiger partial charge on any atom is 0.329 e. The minimum absolute atomic E-state index is 0.216. The normalized spacial score (nSPS) is 13.4. The van der Waals surface area contributed by atoms with E-state index >= 15 is 0 Å². The second-order valence-electron chi connectivity index (χ2n) is 6.79. The predicted octanol–water partition coefficient (Wildman–Crippen LogP) is 3.68. The molecule has 8 heteroatoms. The van der Waals surface area contributed by atoms with E-state index in [4.69, 9.17) is 4.74 Å². The summed E-state index contributed by atoms with van der Waals surface area (Å²) in [5.41, 5.74) is -0.748. The van der Waals surface area contributed by atoms with Crippen molar-refractivity contribution in [2.24, 2.45) is 0 Å². The summed E-state index contributed by atoms with van der Waals surface area (Å²) in [4.78, 5) is 11.7. The highest BCUT2D eigenvalue weighted by molar-refractivity contribution is 7.89. The maximum atomic E-state index is 13.1. The van der Waals surface area contributed by atoms with Crippen molar-refractivity contribution in [3.63, 3.8) is 0 Å². The molecule has 0 saturated heterocycles. The first-order valence-electron chi connectivity index (χ1n) is 9.01. The van der Waals surface area contributed by atoms with E-state index < -0.39 is 27.3 Å². The van der Waals surface area contributed by atoms with Crippen LogP contribution in [0.4, 0.5) is 4.39 Å². The molecule has 0 aromatic heterocycles. The number of ether oxygens (including phenoxy) is 1. The Balaban J connectivity index is 1.81. The average molecular weight is 429 g/mol. The SMILES string of the molecule is CC(NS(=O)(=O)c1ccc(F)cc1)(C(=O)O)c1ccc(OCc2ccccc2)cc1. The van der Waals surface area contributed by atoms with Gasteiger partial charge in [0.05, 0.1) is 4.90 Å². The van der Waals surface area contributed by atoms with Gasteiger partial charge in [-0.05, 0) is 54.4 Å². The predicted molar refractivity (Wildman–Crippen MR) is 109 cm³/mol. The van der Waals surface area contributed by atoms with Gasteiger partial charge in [-0.3, -0.25) is 0 Å². The number of halogens is 1. The highest BCUT2D eigenvalue weighted by atomic mass is 32.2. The summed E-state index contributed by atoms with van der Waals surface area (Å²) in [6.45, 7) is 1.59. The van der Waals surface area contributed by atoms with Gasteiger partial charge in [-0.15, -0.1) is 0 Å². The van der Waals surface area contributed by atoms with Gasteiger partial charge in [0, 0.05) is 0 Å². The first-order chi connectivity index (χ1) is 14.2. The topological polar surface area (TPSA) is 92.7 Å². The summed E-state index contributed by atoms with van der Waals surface area (Å²) in [5.74, 6) is -1.47. The summed E-state index contributed by atoms with van der Waals surface area (Å²) in [7, 11) is -4.21. The second kappa shape index (κ2) is 8.64. The number of sulfonamides is 1. The Morgan fingerprint density at radius 3 is 2.17 bits per heavy atom. The van der Waals surface area contributed by atoms with E-state index in [0.717, 1.165) is 29.8 Å². The number of carboxylic acids is 1. The number of nitrogens with one attached hydrogen (secondary N) is 1. The van der Waals surface area contributed by atoms with Crippen molar-refractivity contribution in [2.75, 3.05) is 0 Å². The highest BCUT2D eigenvalue weighted by Crippen LogP contribution is 2.26. The van der Waals surface area contributed by atoms with E-state index in [2.05, 4.69) is 4.72 Å². The first-order valence-corrected chi connectivity index (χ1v) is 10.5. The molecule has 6 nitrogen and oxygen atoms in total. The molecular weight excluding hydrogens is 409 g/mol. The van der Waals surface area contributed by atoms with Crippen LogP contribution in [0.1, 0.15) is 18.1 Å². The van der Waals surface area contributed by atoms with Crippen LogP contribution in [-0.2, 0) is 27.0 Å². The zero-order chi connectivity index (χ0) is 21.8. The summed E-state index contributed by atoms with van der Waals surface area (Å²) in [6, 6.07) is 19.8. The lowest BCUT2D eigenvalue weighted by Crippen LogP contribution is -2.49. The summed E-state index contributed by atoms with van der Waals surface area (Å²) in [6.07, 6.45) is 0. The Hall–Kier alpha value is -3.23. The van der Waals surface area contributed by atoms with Crippen LogP contribution in [0.25, 0.3) is 0 Å². The Morgan fingerprint density at radius 1 is 1.00 bits per heavy atom. The monoisotopic (exact) mass is 429 g/mol. The molecule has 0 aliphatic heterocycles. The number of carboxylic acid groups (broad SMARTS) is 1. The van der Waals surface area contributed by atoms with Crippen LogP contribution in [0, 0.1) is 5.82 Å². The van der Waals surface area contributed by atoms with Gasteiger partial charge in [-0.25, -0.2) is 17.6 Å². The van der Waals surface area contributed by atoms with E-state index in [1.54, 1.807) is 12.1 Å². The maximum absolute atomic E-state index is 13.1. The Kier molecular flexibility index (Phi) is 6.19. The number of rotatable bonds is 8. The van der Waals surface area contributed by atoms with Crippen molar-refractivity contribution < 1.29 is 27.4 Å². The van der Waals surface area contributed by atoms with Gasteiger partial charge in [0.1, 0.15) is 18.2 Å². The van der Waals surface area contributed by atoms with Crippen molar-refractivity contribution in [1.82, 2.24) is 4.72 Å². The molecule has 30 heavy (non-hydrogen) atoms. The molecule has 0 saturated carbocycles. The molecule has 3 rings (SSSR count). The molecule has 0 radical (unpaired) electrons. The van der Waals surface area contributed by atoms with Crippen molar-refractivity contribution in [3.8, 4) is 5.75 Å². The van der Waals surface area contributed by atoms with Crippen LogP contribution >= 0.6 is 0 Å². The number of carbonyl (C=O) groups is 1. The molecule has 0 aliphatic rings. The lowest BCUT2D eigenvalue weighted by atomic mass is 9.93. The number of hydrogen-bond donors (Lipinski definition) is 2.